The van der Waals surface area contributed by atoms with Gasteiger partial charge in [-0.15, -0.1) is 0 Å². The van der Waals surface area contributed by atoms with E-state index >= 15 is 0 Å². The topological polar surface area (TPSA) is 66.4 Å². The molecule has 0 N–H and O–H groups in total. The van der Waals surface area contributed by atoms with Crippen LogP contribution in [0.5, 0.6) is 0 Å². The van der Waals surface area contributed by atoms with Gasteiger partial charge in [-0.25, -0.2) is 4.79 Å². The van der Waals surface area contributed by atoms with Gasteiger partial charge in [-0.1, -0.05) is 46.6 Å². The van der Waals surface area contributed by atoms with E-state index in [1.165, 1.54) is 20.5 Å². The Labute approximate surface area is 186 Å². The number of carbonyl (C=O) groups is 1. The first-order valence-electron chi connectivity index (χ1n) is 8.96. The maximum absolute atomic E-state index is 12.2. The van der Waals surface area contributed by atoms with Crippen molar-refractivity contribution in [1.29, 1.82) is 0 Å². The van der Waals surface area contributed by atoms with Crippen LogP contribution in [0, 0.1) is 6.92 Å². The minimum atomic E-state index is -0.514. The van der Waals surface area contributed by atoms with E-state index in [9.17, 15) is 4.79 Å². The van der Waals surface area contributed by atoms with Gasteiger partial charge >= 0.3 is 5.97 Å². The largest absolute Gasteiger partial charge is 0.503 e. The van der Waals surface area contributed by atoms with Crippen molar-refractivity contribution in [3.63, 3.8) is 0 Å². The van der Waals surface area contributed by atoms with Crippen LogP contribution in [-0.4, -0.2) is 39.6 Å². The molecule has 30 heavy (non-hydrogen) atoms. The van der Waals surface area contributed by atoms with Gasteiger partial charge in [0.25, 0.3) is 0 Å². The molecule has 0 radical (unpaired) electrons. The Morgan fingerprint density at radius 2 is 1.87 bits per heavy atom. The van der Waals surface area contributed by atoms with Crippen LogP contribution < -0.4 is 0 Å². The third kappa shape index (κ3) is 5.98. The average molecular weight is 452 g/mol. The summed E-state index contributed by atoms with van der Waals surface area (Å²) < 4.78 is 15.2. The molecule has 0 atom stereocenters. The normalized spacial score (nSPS) is 11.9. The van der Waals surface area contributed by atoms with Gasteiger partial charge in [0.15, 0.2) is 0 Å². The minimum absolute atomic E-state index is 0.110. The first kappa shape index (κ1) is 23.7. The molecule has 0 amide bonds. The number of aryl methyl sites for hydroxylation is 1. The Hall–Kier alpha value is -2.54. The van der Waals surface area contributed by atoms with Crippen molar-refractivity contribution < 1.29 is 23.8 Å². The molecule has 8 heteroatoms. The highest BCUT2D eigenvalue weighted by molar-refractivity contribution is 6.37. The molecule has 0 fully saturated rings. The molecule has 160 valence electrons. The quantitative estimate of drug-likeness (QED) is 0.176. The highest BCUT2D eigenvalue weighted by atomic mass is 35.5. The third-order valence-electron chi connectivity index (χ3n) is 4.25. The summed E-state index contributed by atoms with van der Waals surface area (Å²) in [5.41, 5.74) is 3.78. The van der Waals surface area contributed by atoms with Crippen molar-refractivity contribution in [2.45, 2.75) is 13.5 Å². The molecule has 0 saturated carbocycles. The highest BCUT2D eigenvalue weighted by Gasteiger charge is 2.19. The number of esters is 1. The number of hydrogen-bond acceptors (Lipinski definition) is 6. The van der Waals surface area contributed by atoms with Crippen LogP contribution in [0.15, 0.2) is 47.8 Å². The second-order valence-corrected chi connectivity index (χ2v) is 7.07. The summed E-state index contributed by atoms with van der Waals surface area (Å²) in [6.45, 7) is 2.22. The number of halogens is 2. The van der Waals surface area contributed by atoms with Crippen LogP contribution in [-0.2, 0) is 30.4 Å². The number of methoxy groups -OCH3 is 3. The number of nitrogens with zero attached hydrogens (tertiary/aromatic N) is 1. The zero-order valence-electron chi connectivity index (χ0n) is 17.2. The first-order valence-corrected chi connectivity index (χ1v) is 9.71. The lowest BCUT2D eigenvalue weighted by Gasteiger charge is -2.14. The van der Waals surface area contributed by atoms with Gasteiger partial charge in [-0.05, 0) is 36.2 Å². The highest BCUT2D eigenvalue weighted by Crippen LogP contribution is 2.25. The molecule has 2 aromatic carbocycles. The summed E-state index contributed by atoms with van der Waals surface area (Å²) in [5, 5.41) is 5.18. The number of hydrogen-bond donors (Lipinski definition) is 0. The SMILES string of the molecule is CO/C=C(/C(=O)OC)c1cccc(C)c1CO/N=C(\COC)c1ccc(Cl)cc1Cl. The number of benzene rings is 2. The molecule has 0 unspecified atom stereocenters. The minimum Gasteiger partial charge on any atom is -0.503 e. The van der Waals surface area contributed by atoms with Gasteiger partial charge in [-0.2, -0.15) is 0 Å². The average Bonchev–Trinajstić information content (AvgIpc) is 2.72. The molecule has 2 aromatic rings. The van der Waals surface area contributed by atoms with Crippen molar-refractivity contribution in [2.75, 3.05) is 27.9 Å². The Kier molecular flexibility index (Phi) is 9.17. The lowest BCUT2D eigenvalue weighted by molar-refractivity contribution is -0.133. The lowest BCUT2D eigenvalue weighted by atomic mass is 9.97. The molecular weight excluding hydrogens is 429 g/mol. The predicted molar refractivity (Wildman–Crippen MR) is 118 cm³/mol. The molecule has 0 aliphatic heterocycles. The van der Waals surface area contributed by atoms with E-state index in [1.807, 2.05) is 19.1 Å². The zero-order chi connectivity index (χ0) is 22.1. The van der Waals surface area contributed by atoms with Gasteiger partial charge in [0.1, 0.15) is 17.9 Å². The van der Waals surface area contributed by atoms with Gasteiger partial charge in [-0.3, -0.25) is 0 Å². The molecule has 0 aromatic heterocycles. The standard InChI is InChI=1S/C22H23Cl2NO5/c1-14-6-5-7-16(19(11-27-2)22(26)29-4)18(14)12-30-25-21(13-28-3)17-9-8-15(23)10-20(17)24/h5-11H,12-13H2,1-4H3/b19-11+,25-21+. The van der Waals surface area contributed by atoms with Crippen molar-refractivity contribution in [2.24, 2.45) is 5.16 Å². The molecule has 2 rings (SSSR count). The zero-order valence-corrected chi connectivity index (χ0v) is 18.7. The summed E-state index contributed by atoms with van der Waals surface area (Å²) in [4.78, 5) is 17.8. The summed E-state index contributed by atoms with van der Waals surface area (Å²) in [7, 11) is 4.33. The maximum atomic E-state index is 12.2. The van der Waals surface area contributed by atoms with Gasteiger partial charge in [0.05, 0.1) is 32.1 Å². The van der Waals surface area contributed by atoms with Crippen molar-refractivity contribution in [3.8, 4) is 0 Å². The van der Waals surface area contributed by atoms with E-state index in [0.717, 1.165) is 11.1 Å². The van der Waals surface area contributed by atoms with Crippen LogP contribution in [0.4, 0.5) is 0 Å². The van der Waals surface area contributed by atoms with E-state index in [-0.39, 0.29) is 18.8 Å². The van der Waals surface area contributed by atoms with Gasteiger partial charge in [0.2, 0.25) is 0 Å². The Bertz CT molecular complexity index is 957. The molecule has 0 heterocycles. The van der Waals surface area contributed by atoms with Gasteiger partial charge in [0, 0.05) is 23.3 Å². The number of oxime groups is 1. The molecule has 6 nitrogen and oxygen atoms in total. The fourth-order valence-electron chi connectivity index (χ4n) is 2.78. The summed E-state index contributed by atoms with van der Waals surface area (Å²) >= 11 is 12.3. The van der Waals surface area contributed by atoms with Crippen molar-refractivity contribution in [1.82, 2.24) is 0 Å². The second-order valence-electron chi connectivity index (χ2n) is 6.23. The van der Waals surface area contributed by atoms with Crippen LogP contribution >= 0.6 is 23.2 Å². The Morgan fingerprint density at radius 1 is 1.10 bits per heavy atom. The predicted octanol–water partition coefficient (Wildman–Crippen LogP) is 5.03. The van der Waals surface area contributed by atoms with Crippen molar-refractivity contribution in [3.05, 3.63) is 75.0 Å². The van der Waals surface area contributed by atoms with Crippen LogP contribution in [0.1, 0.15) is 22.3 Å². The third-order valence-corrected chi connectivity index (χ3v) is 4.80. The number of ether oxygens (including phenoxy) is 3. The lowest BCUT2D eigenvalue weighted by Crippen LogP contribution is -2.11. The molecule has 0 bridgehead atoms. The fraction of sp³-hybridized carbons (Fsp3) is 0.273. The number of rotatable bonds is 9. The van der Waals surface area contributed by atoms with E-state index in [0.29, 0.717) is 26.9 Å². The summed E-state index contributed by atoms with van der Waals surface area (Å²) in [5.74, 6) is -0.514. The van der Waals surface area contributed by atoms with Crippen LogP contribution in [0.3, 0.4) is 0 Å². The van der Waals surface area contributed by atoms with E-state index in [2.05, 4.69) is 5.16 Å². The second kappa shape index (κ2) is 11.6. The molecule has 0 aliphatic carbocycles. The molecule has 0 saturated heterocycles. The van der Waals surface area contributed by atoms with E-state index in [4.69, 9.17) is 42.3 Å². The molecule has 0 spiro atoms. The van der Waals surface area contributed by atoms with Crippen LogP contribution in [0.2, 0.25) is 10.0 Å². The first-order chi connectivity index (χ1) is 14.4. The van der Waals surface area contributed by atoms with E-state index < -0.39 is 5.97 Å². The molecule has 0 aliphatic rings. The smallest absolute Gasteiger partial charge is 0.341 e. The Balaban J connectivity index is 2.35. The monoisotopic (exact) mass is 451 g/mol. The maximum Gasteiger partial charge on any atom is 0.341 e. The van der Waals surface area contributed by atoms with Gasteiger partial charge < -0.3 is 19.0 Å². The summed E-state index contributed by atoms with van der Waals surface area (Å²) in [6.07, 6.45) is 1.34. The van der Waals surface area contributed by atoms with Crippen LogP contribution in [0.25, 0.3) is 5.57 Å². The van der Waals surface area contributed by atoms with E-state index in [1.54, 1.807) is 31.4 Å². The molecular formula is C22H23Cl2NO5. The van der Waals surface area contributed by atoms with Crippen molar-refractivity contribution >= 4 is 40.5 Å². The summed E-state index contributed by atoms with van der Waals surface area (Å²) in [6, 6.07) is 10.6. The fourth-order valence-corrected chi connectivity index (χ4v) is 3.30. The Morgan fingerprint density at radius 3 is 2.50 bits per heavy atom. The number of carbonyl (C=O) groups excluding carboxylic acids is 1.